The van der Waals surface area contributed by atoms with Gasteiger partial charge in [0.25, 0.3) is 11.2 Å². The molecule has 2 aromatic heterocycles. The van der Waals surface area contributed by atoms with E-state index in [-0.39, 0.29) is 17.9 Å². The fraction of sp³-hybridized carbons (Fsp3) is 0.250. The number of hydrogen-bond acceptors (Lipinski definition) is 7. The second-order valence-electron chi connectivity index (χ2n) is 7.88. The average molecular weight is 464 g/mol. The van der Waals surface area contributed by atoms with Crippen molar-refractivity contribution in [3.05, 3.63) is 78.9 Å². The van der Waals surface area contributed by atoms with Crippen molar-refractivity contribution in [1.82, 2.24) is 9.97 Å². The molecule has 2 aromatic carbocycles. The lowest BCUT2D eigenvalue weighted by Crippen LogP contribution is -2.11. The molecule has 1 aliphatic carbocycles. The molecule has 0 fully saturated rings. The molecule has 4 aromatic rings. The van der Waals surface area contributed by atoms with Crippen LogP contribution in [0.3, 0.4) is 0 Å². The van der Waals surface area contributed by atoms with Crippen LogP contribution in [-0.2, 0) is 19.4 Å². The summed E-state index contributed by atoms with van der Waals surface area (Å²) in [4.78, 5) is 33.0. The summed E-state index contributed by atoms with van der Waals surface area (Å²) in [6.07, 6.45) is 4.20. The molecule has 168 valence electrons. The van der Waals surface area contributed by atoms with Crippen LogP contribution in [0.2, 0.25) is 0 Å². The molecule has 0 aliphatic heterocycles. The number of benzene rings is 2. The zero-order valence-electron chi connectivity index (χ0n) is 17.9. The summed E-state index contributed by atoms with van der Waals surface area (Å²) >= 11 is 1.61. The van der Waals surface area contributed by atoms with Crippen molar-refractivity contribution < 1.29 is 14.4 Å². The van der Waals surface area contributed by atoms with Gasteiger partial charge in [0, 0.05) is 22.6 Å². The Morgan fingerprint density at radius 3 is 2.67 bits per heavy atom. The van der Waals surface area contributed by atoms with E-state index in [9.17, 15) is 14.9 Å². The maximum atomic E-state index is 12.9. The Kier molecular flexibility index (Phi) is 5.55. The van der Waals surface area contributed by atoms with E-state index in [2.05, 4.69) is 4.98 Å². The van der Waals surface area contributed by atoms with Crippen molar-refractivity contribution in [1.29, 1.82) is 0 Å². The van der Waals surface area contributed by atoms with Gasteiger partial charge in [0.15, 0.2) is 11.5 Å². The number of nitrogens with zero attached hydrogens (tertiary/aromatic N) is 2. The summed E-state index contributed by atoms with van der Waals surface area (Å²) < 4.78 is 11.4. The molecule has 5 rings (SSSR count). The molecule has 1 aliphatic rings. The fourth-order valence-electron chi connectivity index (χ4n) is 4.11. The Morgan fingerprint density at radius 2 is 1.91 bits per heavy atom. The van der Waals surface area contributed by atoms with Crippen molar-refractivity contribution in [2.75, 3.05) is 7.11 Å². The van der Waals surface area contributed by atoms with E-state index in [0.717, 1.165) is 47.0 Å². The number of ether oxygens (including phenoxy) is 2. The van der Waals surface area contributed by atoms with Crippen LogP contribution in [0.15, 0.2) is 47.3 Å². The highest BCUT2D eigenvalue weighted by Gasteiger charge is 2.20. The van der Waals surface area contributed by atoms with Crippen LogP contribution in [-0.4, -0.2) is 22.0 Å². The smallest absolute Gasteiger partial charge is 0.269 e. The van der Waals surface area contributed by atoms with Gasteiger partial charge in [0.05, 0.1) is 17.4 Å². The van der Waals surface area contributed by atoms with Crippen LogP contribution < -0.4 is 15.0 Å². The zero-order chi connectivity index (χ0) is 22.9. The lowest BCUT2D eigenvalue weighted by Gasteiger charge is -2.12. The van der Waals surface area contributed by atoms with Crippen molar-refractivity contribution in [2.45, 2.75) is 32.3 Å². The number of rotatable bonds is 6. The summed E-state index contributed by atoms with van der Waals surface area (Å²) in [6, 6.07) is 11.6. The van der Waals surface area contributed by atoms with E-state index >= 15 is 0 Å². The first-order valence-electron chi connectivity index (χ1n) is 10.6. The van der Waals surface area contributed by atoms with Crippen molar-refractivity contribution in [3.8, 4) is 22.9 Å². The van der Waals surface area contributed by atoms with Crippen LogP contribution in [0, 0.1) is 10.1 Å². The molecule has 0 bridgehead atoms. The van der Waals surface area contributed by atoms with Gasteiger partial charge in [-0.15, -0.1) is 11.3 Å². The topological polar surface area (TPSA) is 107 Å². The van der Waals surface area contributed by atoms with Crippen LogP contribution in [0.5, 0.6) is 11.5 Å². The standard InChI is InChI=1S/C24H21N3O5S/c1-31-18-11-8-15(12-19(18)32-13-14-6-9-16(10-7-14)27(29)30)22-25-23(28)21-17-4-2-3-5-20(17)33-24(21)26-22/h6-12H,2-5,13H2,1H3,(H,25,26,28). The fourth-order valence-corrected chi connectivity index (χ4v) is 5.37. The molecule has 33 heavy (non-hydrogen) atoms. The van der Waals surface area contributed by atoms with Crippen molar-refractivity contribution in [3.63, 3.8) is 0 Å². The highest BCUT2D eigenvalue weighted by molar-refractivity contribution is 7.18. The molecule has 0 amide bonds. The van der Waals surface area contributed by atoms with Crippen LogP contribution in [0.1, 0.15) is 28.8 Å². The zero-order valence-corrected chi connectivity index (χ0v) is 18.7. The predicted molar refractivity (Wildman–Crippen MR) is 126 cm³/mol. The second kappa shape index (κ2) is 8.67. The number of methoxy groups -OCH3 is 1. The van der Waals surface area contributed by atoms with Gasteiger partial charge in [-0.3, -0.25) is 14.9 Å². The van der Waals surface area contributed by atoms with Gasteiger partial charge >= 0.3 is 0 Å². The van der Waals surface area contributed by atoms with Crippen molar-refractivity contribution in [2.24, 2.45) is 0 Å². The SMILES string of the molecule is COc1ccc(-c2nc3sc4c(c3c(=O)[nH]2)CCCC4)cc1OCc1ccc([N+](=O)[O-])cc1. The minimum absolute atomic E-state index is 0.0269. The van der Waals surface area contributed by atoms with E-state index in [1.54, 1.807) is 42.7 Å². The number of aryl methyl sites for hydroxylation is 2. The van der Waals surface area contributed by atoms with Crippen LogP contribution >= 0.6 is 11.3 Å². The molecule has 0 saturated carbocycles. The van der Waals surface area contributed by atoms with Gasteiger partial charge < -0.3 is 14.5 Å². The summed E-state index contributed by atoms with van der Waals surface area (Å²) in [5, 5.41) is 11.6. The van der Waals surface area contributed by atoms with E-state index < -0.39 is 4.92 Å². The van der Waals surface area contributed by atoms with Gasteiger partial charge in [-0.05, 0) is 67.1 Å². The Hall–Kier alpha value is -3.72. The summed E-state index contributed by atoms with van der Waals surface area (Å²) in [5.74, 6) is 1.51. The normalized spacial score (nSPS) is 13.0. The van der Waals surface area contributed by atoms with Crippen molar-refractivity contribution >= 4 is 27.2 Å². The number of aromatic amines is 1. The summed E-state index contributed by atoms with van der Waals surface area (Å²) in [5.41, 5.74) is 2.56. The third kappa shape index (κ3) is 4.07. The average Bonchev–Trinajstić information content (AvgIpc) is 3.21. The molecule has 8 nitrogen and oxygen atoms in total. The predicted octanol–water partition coefficient (Wildman–Crippen LogP) is 5.03. The Morgan fingerprint density at radius 1 is 1.12 bits per heavy atom. The quantitative estimate of drug-likeness (QED) is 0.318. The first kappa shape index (κ1) is 21.1. The maximum Gasteiger partial charge on any atom is 0.269 e. The lowest BCUT2D eigenvalue weighted by atomic mass is 9.97. The number of nitro benzene ring substituents is 1. The Bertz CT molecular complexity index is 1410. The van der Waals surface area contributed by atoms with E-state index in [1.807, 2.05) is 6.07 Å². The maximum absolute atomic E-state index is 12.9. The minimum atomic E-state index is -0.439. The third-order valence-corrected chi connectivity index (χ3v) is 6.99. The van der Waals surface area contributed by atoms with Crippen LogP contribution in [0.25, 0.3) is 21.6 Å². The molecule has 0 unspecified atom stereocenters. The number of nitrogens with one attached hydrogen (secondary N) is 1. The third-order valence-electron chi connectivity index (χ3n) is 5.80. The number of fused-ring (bicyclic) bond motifs is 3. The Balaban J connectivity index is 1.45. The largest absolute Gasteiger partial charge is 0.493 e. The van der Waals surface area contributed by atoms with Gasteiger partial charge in [-0.25, -0.2) is 4.98 Å². The molecule has 0 radical (unpaired) electrons. The molecule has 0 atom stereocenters. The highest BCUT2D eigenvalue weighted by atomic mass is 32.1. The highest BCUT2D eigenvalue weighted by Crippen LogP contribution is 2.36. The number of aromatic nitrogens is 2. The first-order valence-corrected chi connectivity index (χ1v) is 11.4. The number of thiophene rings is 1. The van der Waals surface area contributed by atoms with Gasteiger partial charge in [0.1, 0.15) is 17.3 Å². The molecule has 2 heterocycles. The second-order valence-corrected chi connectivity index (χ2v) is 8.97. The van der Waals surface area contributed by atoms with E-state index in [1.165, 1.54) is 17.0 Å². The van der Waals surface area contributed by atoms with Gasteiger partial charge in [-0.1, -0.05) is 0 Å². The summed E-state index contributed by atoms with van der Waals surface area (Å²) in [6.45, 7) is 0.207. The molecule has 0 saturated heterocycles. The molecule has 9 heteroatoms. The molecule has 0 spiro atoms. The van der Waals surface area contributed by atoms with Crippen LogP contribution in [0.4, 0.5) is 5.69 Å². The Labute approximate surface area is 193 Å². The lowest BCUT2D eigenvalue weighted by molar-refractivity contribution is -0.384. The molecule has 1 N–H and O–H groups in total. The number of non-ortho nitro benzene ring substituents is 1. The molecular weight excluding hydrogens is 442 g/mol. The number of nitro groups is 1. The van der Waals surface area contributed by atoms with Gasteiger partial charge in [0.2, 0.25) is 0 Å². The van der Waals surface area contributed by atoms with E-state index in [4.69, 9.17) is 14.5 Å². The number of hydrogen-bond donors (Lipinski definition) is 1. The number of H-pyrrole nitrogens is 1. The monoisotopic (exact) mass is 463 g/mol. The molecular formula is C24H21N3O5S. The first-order chi connectivity index (χ1) is 16.0. The minimum Gasteiger partial charge on any atom is -0.493 e. The van der Waals surface area contributed by atoms with Gasteiger partial charge in [-0.2, -0.15) is 0 Å². The summed E-state index contributed by atoms with van der Waals surface area (Å²) in [7, 11) is 1.55. The van der Waals surface area contributed by atoms with E-state index in [0.29, 0.717) is 22.9 Å².